The molecule has 1 aromatic heterocycles. The molecule has 0 atom stereocenters. The summed E-state index contributed by atoms with van der Waals surface area (Å²) in [7, 11) is 4.19. The predicted octanol–water partition coefficient (Wildman–Crippen LogP) is 2.45. The lowest BCUT2D eigenvalue weighted by molar-refractivity contribution is 0.197. The van der Waals surface area contributed by atoms with E-state index in [0.29, 0.717) is 0 Å². The summed E-state index contributed by atoms with van der Waals surface area (Å²) < 4.78 is 0. The Hall–Kier alpha value is -1.07. The van der Waals surface area contributed by atoms with E-state index in [1.165, 1.54) is 9.75 Å². The molecule has 0 aromatic carbocycles. The van der Waals surface area contributed by atoms with Crippen LogP contribution in [0.25, 0.3) is 0 Å². The molecule has 114 valence electrons. The van der Waals surface area contributed by atoms with Crippen LogP contribution in [0.3, 0.4) is 0 Å². The van der Waals surface area contributed by atoms with E-state index in [1.807, 2.05) is 0 Å². The molecule has 1 aromatic rings. The van der Waals surface area contributed by atoms with Crippen molar-refractivity contribution in [2.24, 2.45) is 4.99 Å². The molecule has 0 fully saturated rings. The fraction of sp³-hybridized carbons (Fsp3) is 0.667. The minimum absolute atomic E-state index is 0.0930. The molecule has 0 bridgehead atoms. The lowest BCUT2D eigenvalue weighted by Crippen LogP contribution is -2.50. The van der Waals surface area contributed by atoms with Crippen LogP contribution in [0, 0.1) is 6.92 Å². The third kappa shape index (κ3) is 5.51. The van der Waals surface area contributed by atoms with E-state index in [1.54, 1.807) is 11.3 Å². The summed E-state index contributed by atoms with van der Waals surface area (Å²) in [5.74, 6) is 0.883. The quantitative estimate of drug-likeness (QED) is 0.626. The third-order valence-corrected chi connectivity index (χ3v) is 4.42. The maximum Gasteiger partial charge on any atom is 0.191 e. The van der Waals surface area contributed by atoms with Crippen molar-refractivity contribution in [3.05, 3.63) is 21.9 Å². The molecule has 0 unspecified atom stereocenters. The molecule has 5 heteroatoms. The van der Waals surface area contributed by atoms with E-state index in [4.69, 9.17) is 0 Å². The summed E-state index contributed by atoms with van der Waals surface area (Å²) in [5, 5.41) is 6.72. The Morgan fingerprint density at radius 2 is 2.00 bits per heavy atom. The van der Waals surface area contributed by atoms with Gasteiger partial charge in [0, 0.05) is 28.4 Å². The van der Waals surface area contributed by atoms with Crippen LogP contribution >= 0.6 is 11.3 Å². The van der Waals surface area contributed by atoms with Crippen molar-refractivity contribution in [2.45, 2.75) is 39.8 Å². The summed E-state index contributed by atoms with van der Waals surface area (Å²) in [5.41, 5.74) is 0.0930. The van der Waals surface area contributed by atoms with Gasteiger partial charge in [-0.2, -0.15) is 0 Å². The predicted molar refractivity (Wildman–Crippen MR) is 89.6 cm³/mol. The second kappa shape index (κ2) is 7.64. The number of nitrogens with zero attached hydrogens (tertiary/aromatic N) is 2. The topological polar surface area (TPSA) is 39.7 Å². The van der Waals surface area contributed by atoms with E-state index in [-0.39, 0.29) is 5.54 Å². The van der Waals surface area contributed by atoms with E-state index < -0.39 is 0 Å². The number of hydrogen-bond donors (Lipinski definition) is 2. The monoisotopic (exact) mass is 296 g/mol. The Bertz CT molecular complexity index is 435. The van der Waals surface area contributed by atoms with E-state index in [9.17, 15) is 0 Å². The van der Waals surface area contributed by atoms with Gasteiger partial charge in [-0.15, -0.1) is 11.3 Å². The lowest BCUT2D eigenvalue weighted by Gasteiger charge is -2.33. The molecule has 0 radical (unpaired) electrons. The molecular formula is C15H28N4S. The van der Waals surface area contributed by atoms with Crippen LogP contribution in [0.2, 0.25) is 0 Å². The fourth-order valence-electron chi connectivity index (χ4n) is 1.53. The van der Waals surface area contributed by atoms with Crippen LogP contribution in [0.1, 0.15) is 30.5 Å². The summed E-state index contributed by atoms with van der Waals surface area (Å²) in [6.45, 7) is 11.1. The van der Waals surface area contributed by atoms with Crippen LogP contribution in [0.15, 0.2) is 17.1 Å². The Labute approximate surface area is 127 Å². The molecule has 0 aliphatic rings. The molecule has 0 spiro atoms. The molecule has 4 nitrogen and oxygen atoms in total. The van der Waals surface area contributed by atoms with E-state index >= 15 is 0 Å². The van der Waals surface area contributed by atoms with Crippen molar-refractivity contribution in [3.8, 4) is 0 Å². The number of likely N-dealkylation sites (N-methyl/N-ethyl adjacent to an activating group) is 1. The lowest BCUT2D eigenvalue weighted by atomic mass is 10.0. The molecule has 0 aliphatic carbocycles. The van der Waals surface area contributed by atoms with Crippen LogP contribution in [-0.2, 0) is 6.54 Å². The minimum atomic E-state index is 0.0930. The highest BCUT2D eigenvalue weighted by atomic mass is 32.1. The van der Waals surface area contributed by atoms with Crippen LogP contribution in [0.5, 0.6) is 0 Å². The molecule has 1 heterocycles. The molecule has 0 saturated heterocycles. The first kappa shape index (κ1) is 17.0. The van der Waals surface area contributed by atoms with E-state index in [2.05, 4.69) is 74.4 Å². The Balaban J connectivity index is 2.59. The summed E-state index contributed by atoms with van der Waals surface area (Å²) in [6.07, 6.45) is 0. The normalized spacial score (nSPS) is 12.8. The molecule has 0 amide bonds. The second-order valence-electron chi connectivity index (χ2n) is 5.77. The SMILES string of the molecule is CCNC(=NCc1ccc(C)s1)NCC(C)(C)N(C)C. The Morgan fingerprint density at radius 1 is 1.30 bits per heavy atom. The van der Waals surface area contributed by atoms with Gasteiger partial charge in [-0.25, -0.2) is 4.99 Å². The van der Waals surface area contributed by atoms with Gasteiger partial charge in [0.2, 0.25) is 0 Å². The van der Waals surface area contributed by atoms with Crippen molar-refractivity contribution in [1.82, 2.24) is 15.5 Å². The summed E-state index contributed by atoms with van der Waals surface area (Å²) in [6, 6.07) is 4.29. The number of nitrogens with one attached hydrogen (secondary N) is 2. The van der Waals surface area contributed by atoms with Gasteiger partial charge in [-0.05, 0) is 53.9 Å². The van der Waals surface area contributed by atoms with Crippen molar-refractivity contribution in [3.63, 3.8) is 0 Å². The van der Waals surface area contributed by atoms with Gasteiger partial charge in [-0.1, -0.05) is 0 Å². The molecule has 2 N–H and O–H groups in total. The van der Waals surface area contributed by atoms with Crippen LogP contribution < -0.4 is 10.6 Å². The average molecular weight is 296 g/mol. The number of hydrogen-bond acceptors (Lipinski definition) is 3. The number of rotatable bonds is 6. The molecule has 0 aliphatic heterocycles. The number of aliphatic imine (C=N–C) groups is 1. The summed E-state index contributed by atoms with van der Waals surface area (Å²) >= 11 is 1.81. The Kier molecular flexibility index (Phi) is 6.49. The molecular weight excluding hydrogens is 268 g/mol. The average Bonchev–Trinajstić information content (AvgIpc) is 2.78. The van der Waals surface area contributed by atoms with Gasteiger partial charge in [0.05, 0.1) is 6.54 Å². The van der Waals surface area contributed by atoms with Crippen LogP contribution in [0.4, 0.5) is 0 Å². The highest BCUT2D eigenvalue weighted by molar-refractivity contribution is 7.11. The van der Waals surface area contributed by atoms with Crippen molar-refractivity contribution >= 4 is 17.3 Å². The van der Waals surface area contributed by atoms with Gasteiger partial charge in [0.25, 0.3) is 0 Å². The summed E-state index contributed by atoms with van der Waals surface area (Å²) in [4.78, 5) is 9.49. The fourth-order valence-corrected chi connectivity index (χ4v) is 2.34. The van der Waals surface area contributed by atoms with Crippen molar-refractivity contribution < 1.29 is 0 Å². The smallest absolute Gasteiger partial charge is 0.191 e. The van der Waals surface area contributed by atoms with Gasteiger partial charge in [0.1, 0.15) is 0 Å². The highest BCUT2D eigenvalue weighted by Gasteiger charge is 2.20. The maximum absolute atomic E-state index is 4.65. The zero-order valence-electron chi connectivity index (χ0n) is 13.6. The third-order valence-electron chi connectivity index (χ3n) is 3.43. The van der Waals surface area contributed by atoms with E-state index in [0.717, 1.165) is 25.6 Å². The van der Waals surface area contributed by atoms with Crippen molar-refractivity contribution in [1.29, 1.82) is 0 Å². The standard InChI is InChI=1S/C15H28N4S/c1-7-16-14(18-11-15(3,4)19(5)6)17-10-13-9-8-12(2)20-13/h8-9H,7,10-11H2,1-6H3,(H2,16,17,18). The number of guanidine groups is 1. The first-order chi connectivity index (χ1) is 9.35. The zero-order chi connectivity index (χ0) is 15.2. The highest BCUT2D eigenvalue weighted by Crippen LogP contribution is 2.15. The largest absolute Gasteiger partial charge is 0.357 e. The molecule has 20 heavy (non-hydrogen) atoms. The zero-order valence-corrected chi connectivity index (χ0v) is 14.4. The van der Waals surface area contributed by atoms with Crippen molar-refractivity contribution in [2.75, 3.05) is 27.2 Å². The van der Waals surface area contributed by atoms with Gasteiger partial charge < -0.3 is 15.5 Å². The minimum Gasteiger partial charge on any atom is -0.357 e. The number of aryl methyl sites for hydroxylation is 1. The van der Waals surface area contributed by atoms with Gasteiger partial charge in [0.15, 0.2) is 5.96 Å². The van der Waals surface area contributed by atoms with Crippen LogP contribution in [-0.4, -0.2) is 43.6 Å². The number of thiophene rings is 1. The first-order valence-electron chi connectivity index (χ1n) is 7.10. The molecule has 1 rings (SSSR count). The Morgan fingerprint density at radius 3 is 2.50 bits per heavy atom. The van der Waals surface area contributed by atoms with Gasteiger partial charge in [-0.3, -0.25) is 0 Å². The second-order valence-corrected chi connectivity index (χ2v) is 7.14. The first-order valence-corrected chi connectivity index (χ1v) is 7.91. The molecule has 0 saturated carbocycles. The maximum atomic E-state index is 4.65. The van der Waals surface area contributed by atoms with Gasteiger partial charge >= 0.3 is 0 Å².